The van der Waals surface area contributed by atoms with Gasteiger partial charge >= 0.3 is 0 Å². The third kappa shape index (κ3) is 3.80. The van der Waals surface area contributed by atoms with Crippen LogP contribution in [0.25, 0.3) is 16.5 Å². The Morgan fingerprint density at radius 3 is 2.45 bits per heavy atom. The van der Waals surface area contributed by atoms with Gasteiger partial charge in [-0.3, -0.25) is 4.79 Å². The van der Waals surface area contributed by atoms with Gasteiger partial charge in [0.2, 0.25) is 0 Å². The minimum Gasteiger partial charge on any atom is -0.507 e. The number of benzene rings is 3. The van der Waals surface area contributed by atoms with Crippen LogP contribution in [0.4, 0.5) is 4.39 Å². The lowest BCUT2D eigenvalue weighted by Crippen LogP contribution is -2.20. The number of aryl methyl sites for hydroxylation is 1. The van der Waals surface area contributed by atoms with Crippen molar-refractivity contribution in [3.63, 3.8) is 0 Å². The van der Waals surface area contributed by atoms with Gasteiger partial charge in [0.05, 0.1) is 11.3 Å². The van der Waals surface area contributed by atoms with Crippen LogP contribution in [-0.4, -0.2) is 21.3 Å². The largest absolute Gasteiger partial charge is 0.507 e. The summed E-state index contributed by atoms with van der Waals surface area (Å²) >= 11 is 0. The Hall–Kier alpha value is -3.93. The van der Waals surface area contributed by atoms with E-state index in [4.69, 9.17) is 0 Å². The number of phenolic OH excluding ortho intramolecular Hbond substituents is 1. The summed E-state index contributed by atoms with van der Waals surface area (Å²) in [5.41, 5.74) is 6.44. The molecule has 0 radical (unpaired) electrons. The molecule has 0 unspecified atom stereocenters. The molecule has 0 atom stereocenters. The smallest absolute Gasteiger partial charge is 0.273 e. The third-order valence-electron chi connectivity index (χ3n) is 5.38. The molecule has 4 rings (SSSR count). The van der Waals surface area contributed by atoms with Crippen molar-refractivity contribution in [2.45, 2.75) is 20.8 Å². The predicted octanol–water partition coefficient (Wildman–Crippen LogP) is 5.25. The second-order valence-electron chi connectivity index (χ2n) is 7.42. The number of hydrazone groups is 1. The maximum absolute atomic E-state index is 13.3. The first-order valence-corrected chi connectivity index (χ1v) is 9.87. The summed E-state index contributed by atoms with van der Waals surface area (Å²) in [4.78, 5) is 12.8. The highest BCUT2D eigenvalue weighted by Gasteiger charge is 2.17. The average molecular weight is 415 g/mol. The fraction of sp³-hybridized carbons (Fsp3) is 0.120. The number of aromatic nitrogens is 1. The van der Waals surface area contributed by atoms with Crippen molar-refractivity contribution in [3.8, 4) is 11.4 Å². The van der Waals surface area contributed by atoms with Crippen LogP contribution in [0.1, 0.15) is 34.2 Å². The van der Waals surface area contributed by atoms with Crippen molar-refractivity contribution < 1.29 is 14.3 Å². The second-order valence-corrected chi connectivity index (χ2v) is 7.42. The second kappa shape index (κ2) is 8.07. The lowest BCUT2D eigenvalue weighted by atomic mass is 10.0. The number of carbonyl (C=O) groups excluding carboxylic acids is 1. The molecular weight excluding hydrogens is 393 g/mol. The molecule has 31 heavy (non-hydrogen) atoms. The Morgan fingerprint density at radius 1 is 1.00 bits per heavy atom. The van der Waals surface area contributed by atoms with Gasteiger partial charge in [-0.05, 0) is 62.6 Å². The first-order valence-electron chi connectivity index (χ1n) is 9.87. The van der Waals surface area contributed by atoms with Crippen molar-refractivity contribution >= 4 is 22.4 Å². The number of nitrogens with one attached hydrogen (secondary N) is 1. The maximum atomic E-state index is 13.3. The molecule has 4 aromatic rings. The van der Waals surface area contributed by atoms with Gasteiger partial charge in [0, 0.05) is 28.0 Å². The zero-order valence-electron chi connectivity index (χ0n) is 17.5. The van der Waals surface area contributed by atoms with Crippen LogP contribution in [0.15, 0.2) is 71.8 Å². The van der Waals surface area contributed by atoms with E-state index >= 15 is 0 Å². The van der Waals surface area contributed by atoms with E-state index in [2.05, 4.69) is 10.5 Å². The highest BCUT2D eigenvalue weighted by atomic mass is 19.1. The van der Waals surface area contributed by atoms with Gasteiger partial charge in [-0.25, -0.2) is 9.82 Å². The number of hydrogen-bond donors (Lipinski definition) is 2. The summed E-state index contributed by atoms with van der Waals surface area (Å²) in [5.74, 6) is -0.546. The maximum Gasteiger partial charge on any atom is 0.273 e. The number of rotatable bonds is 4. The molecule has 0 saturated carbocycles. The van der Waals surface area contributed by atoms with E-state index in [9.17, 15) is 14.3 Å². The molecule has 1 heterocycles. The summed E-state index contributed by atoms with van der Waals surface area (Å²) in [6.07, 6.45) is 0. The zero-order valence-corrected chi connectivity index (χ0v) is 17.5. The first-order chi connectivity index (χ1) is 14.9. The predicted molar refractivity (Wildman–Crippen MR) is 120 cm³/mol. The quantitative estimate of drug-likeness (QED) is 0.353. The average Bonchev–Trinajstić information content (AvgIpc) is 3.07. The van der Waals surface area contributed by atoms with Crippen LogP contribution in [0.3, 0.4) is 0 Å². The van der Waals surface area contributed by atoms with E-state index in [0.29, 0.717) is 16.8 Å². The lowest BCUT2D eigenvalue weighted by Gasteiger charge is -2.10. The first kappa shape index (κ1) is 20.3. The lowest BCUT2D eigenvalue weighted by molar-refractivity contribution is 0.0954. The highest BCUT2D eigenvalue weighted by Crippen LogP contribution is 2.29. The van der Waals surface area contributed by atoms with Crippen LogP contribution in [0, 0.1) is 19.7 Å². The van der Waals surface area contributed by atoms with Gasteiger partial charge in [-0.15, -0.1) is 0 Å². The van der Waals surface area contributed by atoms with E-state index in [1.54, 1.807) is 31.2 Å². The topological polar surface area (TPSA) is 66.6 Å². The molecule has 0 aliphatic rings. The van der Waals surface area contributed by atoms with Crippen LogP contribution < -0.4 is 5.43 Å². The number of halogens is 1. The van der Waals surface area contributed by atoms with Gasteiger partial charge < -0.3 is 9.67 Å². The molecule has 0 fully saturated rings. The molecule has 0 spiro atoms. The minimum atomic E-state index is -0.360. The Labute approximate surface area is 179 Å². The molecular formula is C25H22FN3O2. The van der Waals surface area contributed by atoms with Crippen LogP contribution in [-0.2, 0) is 0 Å². The molecule has 0 aliphatic carbocycles. The van der Waals surface area contributed by atoms with Crippen molar-refractivity contribution in [2.24, 2.45) is 5.10 Å². The summed E-state index contributed by atoms with van der Waals surface area (Å²) in [5, 5.41) is 16.5. The number of fused-ring (bicyclic) bond motifs is 1. The minimum absolute atomic E-state index is 0.128. The van der Waals surface area contributed by atoms with Gasteiger partial charge in [0.25, 0.3) is 5.91 Å². The Kier molecular flexibility index (Phi) is 5.29. The standard InChI is InChI=1S/C25H22FN3O2/c1-15-14-23(17(3)29(15)20-11-9-19(26)10-12-20)25(31)28-27-16(2)21-13-8-18-6-4-5-7-22(18)24(21)30/h4-14,30H,1-3H3,(H,28,31). The van der Waals surface area contributed by atoms with Crippen LogP contribution >= 0.6 is 0 Å². The van der Waals surface area contributed by atoms with Crippen molar-refractivity contribution in [2.75, 3.05) is 0 Å². The molecule has 1 amide bonds. The third-order valence-corrected chi connectivity index (χ3v) is 5.38. The van der Waals surface area contributed by atoms with Crippen molar-refractivity contribution in [1.82, 2.24) is 9.99 Å². The number of carbonyl (C=O) groups is 1. The van der Waals surface area contributed by atoms with Gasteiger partial charge in [-0.1, -0.05) is 30.3 Å². The normalized spacial score (nSPS) is 11.7. The van der Waals surface area contributed by atoms with E-state index in [1.165, 1.54) is 12.1 Å². The van der Waals surface area contributed by atoms with Gasteiger partial charge in [-0.2, -0.15) is 5.10 Å². The van der Waals surface area contributed by atoms with E-state index < -0.39 is 0 Å². The summed E-state index contributed by atoms with van der Waals surface area (Å²) in [6.45, 7) is 5.44. The Bertz CT molecular complexity index is 1320. The molecule has 156 valence electrons. The van der Waals surface area contributed by atoms with Crippen LogP contribution in [0.2, 0.25) is 0 Å². The van der Waals surface area contributed by atoms with E-state index in [-0.39, 0.29) is 17.5 Å². The Balaban J connectivity index is 1.60. The fourth-order valence-corrected chi connectivity index (χ4v) is 3.78. The number of nitrogens with zero attached hydrogens (tertiary/aromatic N) is 2. The summed E-state index contributed by atoms with van der Waals surface area (Å²) in [6, 6.07) is 19.1. The molecule has 3 aromatic carbocycles. The van der Waals surface area contributed by atoms with Crippen molar-refractivity contribution in [3.05, 3.63) is 95.1 Å². The molecule has 0 saturated heterocycles. The monoisotopic (exact) mass is 415 g/mol. The molecule has 6 heteroatoms. The highest BCUT2D eigenvalue weighted by molar-refractivity contribution is 6.07. The molecule has 1 aromatic heterocycles. The molecule has 0 bridgehead atoms. The summed E-state index contributed by atoms with van der Waals surface area (Å²) < 4.78 is 15.2. The van der Waals surface area contributed by atoms with Crippen LogP contribution in [0.5, 0.6) is 5.75 Å². The van der Waals surface area contributed by atoms with Crippen molar-refractivity contribution in [1.29, 1.82) is 0 Å². The molecule has 2 N–H and O–H groups in total. The SMILES string of the molecule is CC(=NNC(=O)c1cc(C)n(-c2ccc(F)cc2)c1C)c1ccc2ccccc2c1O. The van der Waals surface area contributed by atoms with E-state index in [0.717, 1.165) is 27.8 Å². The zero-order chi connectivity index (χ0) is 22.1. The number of hydrogen-bond acceptors (Lipinski definition) is 3. The number of aromatic hydroxyl groups is 1. The van der Waals surface area contributed by atoms with Gasteiger partial charge in [0.1, 0.15) is 11.6 Å². The molecule has 5 nitrogen and oxygen atoms in total. The molecule has 0 aliphatic heterocycles. The van der Waals surface area contributed by atoms with E-state index in [1.807, 2.05) is 48.7 Å². The van der Waals surface area contributed by atoms with Gasteiger partial charge in [0.15, 0.2) is 0 Å². The fourth-order valence-electron chi connectivity index (χ4n) is 3.78. The number of amides is 1. The Morgan fingerprint density at radius 2 is 1.71 bits per heavy atom. The summed E-state index contributed by atoms with van der Waals surface area (Å²) in [7, 11) is 0. The number of phenols is 1.